The SMILES string of the molecule is C[C@@H]1Oc2ccc(Cl)cc2[C@@]1(O)c1cccc(Cl)c1Cl. The summed E-state index contributed by atoms with van der Waals surface area (Å²) in [7, 11) is 0. The third-order valence-corrected chi connectivity index (χ3v) is 4.66. The number of hydrogen-bond acceptors (Lipinski definition) is 2. The second kappa shape index (κ2) is 4.81. The van der Waals surface area contributed by atoms with Gasteiger partial charge in [-0.05, 0) is 31.2 Å². The van der Waals surface area contributed by atoms with Crippen LogP contribution in [0.4, 0.5) is 0 Å². The van der Waals surface area contributed by atoms with E-state index in [1.54, 1.807) is 43.3 Å². The molecule has 1 heterocycles. The van der Waals surface area contributed by atoms with Gasteiger partial charge in [0.15, 0.2) is 5.60 Å². The Morgan fingerprint density at radius 2 is 1.85 bits per heavy atom. The Morgan fingerprint density at radius 3 is 2.60 bits per heavy atom. The van der Waals surface area contributed by atoms with E-state index in [-0.39, 0.29) is 0 Å². The molecule has 3 rings (SSSR count). The fourth-order valence-corrected chi connectivity index (χ4v) is 3.18. The maximum Gasteiger partial charge on any atom is 0.156 e. The summed E-state index contributed by atoms with van der Waals surface area (Å²) in [4.78, 5) is 0. The highest BCUT2D eigenvalue weighted by Gasteiger charge is 2.48. The van der Waals surface area contributed by atoms with Crippen LogP contribution in [0.5, 0.6) is 5.75 Å². The molecule has 5 heteroatoms. The second-order valence-corrected chi connectivity index (χ2v) is 5.99. The normalized spacial score (nSPS) is 24.4. The van der Waals surface area contributed by atoms with Gasteiger partial charge in [0.2, 0.25) is 0 Å². The van der Waals surface area contributed by atoms with Crippen molar-refractivity contribution in [2.24, 2.45) is 0 Å². The number of halogens is 3. The number of ether oxygens (including phenoxy) is 1. The standard InChI is InChI=1S/C15H11Cl3O2/c1-8-15(19,10-3-2-4-12(17)14(10)18)11-7-9(16)5-6-13(11)20-8/h2-8,19H,1H3/t8-,15-/m0/s1. The van der Waals surface area contributed by atoms with E-state index in [1.807, 2.05) is 0 Å². The van der Waals surface area contributed by atoms with Crippen molar-refractivity contribution in [3.63, 3.8) is 0 Å². The minimum absolute atomic E-state index is 0.319. The average molecular weight is 330 g/mol. The van der Waals surface area contributed by atoms with Crippen LogP contribution < -0.4 is 4.74 Å². The van der Waals surface area contributed by atoms with E-state index in [4.69, 9.17) is 39.5 Å². The Morgan fingerprint density at radius 1 is 1.10 bits per heavy atom. The third kappa shape index (κ3) is 1.91. The maximum atomic E-state index is 11.2. The largest absolute Gasteiger partial charge is 0.487 e. The van der Waals surface area contributed by atoms with Crippen molar-refractivity contribution in [3.8, 4) is 5.75 Å². The molecular weight excluding hydrogens is 319 g/mol. The zero-order chi connectivity index (χ0) is 14.5. The van der Waals surface area contributed by atoms with E-state index in [9.17, 15) is 5.11 Å². The van der Waals surface area contributed by atoms with Crippen LogP contribution in [0.15, 0.2) is 36.4 Å². The number of benzene rings is 2. The predicted molar refractivity (Wildman–Crippen MR) is 81.0 cm³/mol. The first-order valence-corrected chi connectivity index (χ1v) is 7.21. The van der Waals surface area contributed by atoms with Gasteiger partial charge in [-0.3, -0.25) is 0 Å². The molecule has 0 aliphatic carbocycles. The van der Waals surface area contributed by atoms with Crippen LogP contribution in [0.3, 0.4) is 0 Å². The lowest BCUT2D eigenvalue weighted by molar-refractivity contribution is 0.00402. The minimum Gasteiger partial charge on any atom is -0.487 e. The molecule has 2 nitrogen and oxygen atoms in total. The Labute approximate surface area is 131 Å². The van der Waals surface area contributed by atoms with Crippen molar-refractivity contribution in [3.05, 3.63) is 62.6 Å². The third-order valence-electron chi connectivity index (χ3n) is 3.61. The molecule has 104 valence electrons. The van der Waals surface area contributed by atoms with Gasteiger partial charge in [-0.1, -0.05) is 46.9 Å². The van der Waals surface area contributed by atoms with Crippen LogP contribution in [0.1, 0.15) is 18.1 Å². The molecule has 2 aromatic rings. The molecule has 0 fully saturated rings. The van der Waals surface area contributed by atoms with Gasteiger partial charge in [-0.2, -0.15) is 0 Å². The molecule has 0 aromatic heterocycles. The molecule has 0 unspecified atom stereocenters. The van der Waals surface area contributed by atoms with Crippen LogP contribution in [-0.4, -0.2) is 11.2 Å². The molecule has 2 aromatic carbocycles. The highest BCUT2D eigenvalue weighted by atomic mass is 35.5. The van der Waals surface area contributed by atoms with E-state index in [2.05, 4.69) is 0 Å². The van der Waals surface area contributed by atoms with Crippen molar-refractivity contribution in [2.75, 3.05) is 0 Å². The summed E-state index contributed by atoms with van der Waals surface area (Å²) in [5, 5.41) is 12.4. The smallest absolute Gasteiger partial charge is 0.156 e. The molecule has 1 aliphatic heterocycles. The van der Waals surface area contributed by atoms with Crippen molar-refractivity contribution in [1.82, 2.24) is 0 Å². The second-order valence-electron chi connectivity index (χ2n) is 4.77. The van der Waals surface area contributed by atoms with E-state index < -0.39 is 11.7 Å². The molecule has 1 N–H and O–H groups in total. The number of fused-ring (bicyclic) bond motifs is 1. The van der Waals surface area contributed by atoms with Crippen LogP contribution >= 0.6 is 34.8 Å². The fourth-order valence-electron chi connectivity index (χ4n) is 2.56. The first kappa shape index (κ1) is 14.0. The monoisotopic (exact) mass is 328 g/mol. The van der Waals surface area contributed by atoms with Crippen molar-refractivity contribution >= 4 is 34.8 Å². The van der Waals surface area contributed by atoms with E-state index >= 15 is 0 Å². The minimum atomic E-state index is -1.37. The number of rotatable bonds is 1. The van der Waals surface area contributed by atoms with Crippen molar-refractivity contribution in [2.45, 2.75) is 18.6 Å². The van der Waals surface area contributed by atoms with Crippen molar-refractivity contribution < 1.29 is 9.84 Å². The van der Waals surface area contributed by atoms with E-state index in [1.165, 1.54) is 0 Å². The van der Waals surface area contributed by atoms with E-state index in [0.717, 1.165) is 0 Å². The molecule has 20 heavy (non-hydrogen) atoms. The van der Waals surface area contributed by atoms with E-state index in [0.29, 0.717) is 31.9 Å². The number of hydrogen-bond donors (Lipinski definition) is 1. The first-order valence-electron chi connectivity index (χ1n) is 6.08. The van der Waals surface area contributed by atoms with Crippen LogP contribution in [0.25, 0.3) is 0 Å². The summed E-state index contributed by atoms with van der Waals surface area (Å²) in [5.74, 6) is 0.598. The highest BCUT2D eigenvalue weighted by Crippen LogP contribution is 2.49. The lowest BCUT2D eigenvalue weighted by Crippen LogP contribution is -2.37. The summed E-state index contributed by atoms with van der Waals surface area (Å²) < 4.78 is 5.72. The van der Waals surface area contributed by atoms with Gasteiger partial charge in [0, 0.05) is 16.1 Å². The van der Waals surface area contributed by atoms with Gasteiger partial charge < -0.3 is 9.84 Å². The van der Waals surface area contributed by atoms with Gasteiger partial charge in [-0.15, -0.1) is 0 Å². The Balaban J connectivity index is 2.27. The Hall–Kier alpha value is -0.930. The maximum absolute atomic E-state index is 11.2. The summed E-state index contributed by atoms with van der Waals surface area (Å²) in [5.41, 5.74) is -0.260. The fraction of sp³-hybridized carbons (Fsp3) is 0.200. The summed E-state index contributed by atoms with van der Waals surface area (Å²) in [6, 6.07) is 10.3. The molecule has 1 aliphatic rings. The zero-order valence-corrected chi connectivity index (χ0v) is 12.8. The average Bonchev–Trinajstić information content (AvgIpc) is 2.66. The topological polar surface area (TPSA) is 29.5 Å². The zero-order valence-electron chi connectivity index (χ0n) is 10.5. The van der Waals surface area contributed by atoms with Crippen LogP contribution in [0, 0.1) is 0 Å². The molecular formula is C15H11Cl3O2. The lowest BCUT2D eigenvalue weighted by Gasteiger charge is -2.28. The quantitative estimate of drug-likeness (QED) is 0.824. The Bertz CT molecular complexity index is 687. The Kier molecular flexibility index (Phi) is 3.38. The predicted octanol–water partition coefficient (Wildman–Crippen LogP) is 4.66. The van der Waals surface area contributed by atoms with Crippen LogP contribution in [-0.2, 0) is 5.60 Å². The van der Waals surface area contributed by atoms with Crippen LogP contribution in [0.2, 0.25) is 15.1 Å². The van der Waals surface area contributed by atoms with Gasteiger partial charge in [0.05, 0.1) is 10.0 Å². The molecule has 0 saturated heterocycles. The summed E-state index contributed by atoms with van der Waals surface area (Å²) in [6.45, 7) is 1.78. The highest BCUT2D eigenvalue weighted by molar-refractivity contribution is 6.42. The molecule has 0 saturated carbocycles. The van der Waals surface area contributed by atoms with Crippen molar-refractivity contribution in [1.29, 1.82) is 0 Å². The first-order chi connectivity index (χ1) is 9.44. The molecule has 0 radical (unpaired) electrons. The molecule has 2 atom stereocenters. The summed E-state index contributed by atoms with van der Waals surface area (Å²) in [6.07, 6.45) is -0.494. The molecule has 0 bridgehead atoms. The van der Waals surface area contributed by atoms with Gasteiger partial charge in [0.25, 0.3) is 0 Å². The molecule has 0 amide bonds. The lowest BCUT2D eigenvalue weighted by atomic mass is 9.84. The number of aliphatic hydroxyl groups is 1. The van der Waals surface area contributed by atoms with Gasteiger partial charge in [0.1, 0.15) is 11.9 Å². The summed E-state index contributed by atoms with van der Waals surface area (Å²) >= 11 is 18.3. The van der Waals surface area contributed by atoms with Gasteiger partial charge >= 0.3 is 0 Å². The van der Waals surface area contributed by atoms with Gasteiger partial charge in [-0.25, -0.2) is 0 Å². The molecule has 0 spiro atoms.